The molecule has 1 aliphatic carbocycles. The fourth-order valence-electron chi connectivity index (χ4n) is 2.87. The molecular formula is C14H14BrN3O3. The van der Waals surface area contributed by atoms with Crippen LogP contribution in [0.25, 0.3) is 11.5 Å². The Bertz CT molecular complexity index is 673. The third-order valence-corrected chi connectivity index (χ3v) is 4.48. The molecule has 2 aromatic heterocycles. The van der Waals surface area contributed by atoms with Crippen molar-refractivity contribution in [3.63, 3.8) is 0 Å². The predicted molar refractivity (Wildman–Crippen MR) is 77.5 cm³/mol. The smallest absolute Gasteiger partial charge is 0.307 e. The quantitative estimate of drug-likeness (QED) is 0.913. The summed E-state index contributed by atoms with van der Waals surface area (Å²) in [7, 11) is 0. The van der Waals surface area contributed by atoms with Crippen LogP contribution in [0.3, 0.4) is 0 Å². The molecule has 1 N–H and O–H groups in total. The van der Waals surface area contributed by atoms with E-state index in [-0.39, 0.29) is 5.92 Å². The number of halogens is 1. The lowest BCUT2D eigenvalue weighted by Gasteiger charge is -2.09. The highest BCUT2D eigenvalue weighted by Gasteiger charge is 2.41. The molecule has 21 heavy (non-hydrogen) atoms. The lowest BCUT2D eigenvalue weighted by molar-refractivity contribution is -0.142. The van der Waals surface area contributed by atoms with Gasteiger partial charge in [-0.15, -0.1) is 0 Å². The predicted octanol–water partition coefficient (Wildman–Crippen LogP) is 3.11. The Kier molecular flexibility index (Phi) is 3.75. The van der Waals surface area contributed by atoms with Crippen molar-refractivity contribution in [2.24, 2.45) is 11.8 Å². The summed E-state index contributed by atoms with van der Waals surface area (Å²) < 4.78 is 6.07. The molecule has 1 fully saturated rings. The highest BCUT2D eigenvalue weighted by atomic mass is 79.9. The summed E-state index contributed by atoms with van der Waals surface area (Å²) in [5.41, 5.74) is 0.588. The maximum atomic E-state index is 11.4. The number of hydrogen-bond acceptors (Lipinski definition) is 5. The Labute approximate surface area is 129 Å². The van der Waals surface area contributed by atoms with Crippen LogP contribution in [0.2, 0.25) is 0 Å². The van der Waals surface area contributed by atoms with Crippen molar-refractivity contribution < 1.29 is 14.4 Å². The van der Waals surface area contributed by atoms with Crippen molar-refractivity contribution in [2.45, 2.75) is 25.7 Å². The molecule has 110 valence electrons. The highest BCUT2D eigenvalue weighted by Crippen LogP contribution is 2.42. The average molecular weight is 352 g/mol. The first kappa shape index (κ1) is 14.2. The molecule has 3 unspecified atom stereocenters. The summed E-state index contributed by atoms with van der Waals surface area (Å²) in [5.74, 6) is -0.377. The van der Waals surface area contributed by atoms with Crippen LogP contribution >= 0.6 is 15.9 Å². The summed E-state index contributed by atoms with van der Waals surface area (Å²) >= 11 is 3.39. The van der Waals surface area contributed by atoms with Gasteiger partial charge in [-0.1, -0.05) is 12.1 Å². The Balaban J connectivity index is 1.92. The molecule has 2 heterocycles. The van der Waals surface area contributed by atoms with E-state index in [1.54, 1.807) is 12.3 Å². The van der Waals surface area contributed by atoms with Crippen LogP contribution in [0, 0.1) is 11.8 Å². The van der Waals surface area contributed by atoms with Crippen molar-refractivity contribution in [2.75, 3.05) is 0 Å². The van der Waals surface area contributed by atoms with Gasteiger partial charge in [0.25, 0.3) is 0 Å². The number of carboxylic acid groups (broad SMARTS) is 1. The number of nitrogens with zero attached hydrogens (tertiary/aromatic N) is 3. The normalized spacial score (nSPS) is 25.1. The average Bonchev–Trinajstić information content (AvgIpc) is 3.05. The van der Waals surface area contributed by atoms with E-state index < -0.39 is 11.9 Å². The molecule has 6 nitrogen and oxygen atoms in total. The fourth-order valence-corrected chi connectivity index (χ4v) is 3.30. The van der Waals surface area contributed by atoms with Gasteiger partial charge in [0, 0.05) is 10.7 Å². The van der Waals surface area contributed by atoms with Crippen LogP contribution in [0.5, 0.6) is 0 Å². The van der Waals surface area contributed by atoms with Crippen LogP contribution in [0.15, 0.2) is 27.3 Å². The molecule has 1 aliphatic rings. The minimum absolute atomic E-state index is 0.221. The van der Waals surface area contributed by atoms with Crippen LogP contribution in [-0.2, 0) is 4.79 Å². The number of hydrogen-bond donors (Lipinski definition) is 1. The molecule has 7 heteroatoms. The third kappa shape index (κ3) is 2.70. The second-order valence-corrected chi connectivity index (χ2v) is 6.27. The molecule has 0 aromatic carbocycles. The second-order valence-electron chi connectivity index (χ2n) is 5.42. The first-order valence-corrected chi connectivity index (χ1v) is 7.53. The van der Waals surface area contributed by atoms with Crippen LogP contribution in [-0.4, -0.2) is 26.2 Å². The number of carboxylic acids is 1. The van der Waals surface area contributed by atoms with Gasteiger partial charge in [0.15, 0.2) is 0 Å². The molecule has 0 amide bonds. The Morgan fingerprint density at radius 1 is 1.48 bits per heavy atom. The van der Waals surface area contributed by atoms with Gasteiger partial charge in [0.1, 0.15) is 5.69 Å². The topological polar surface area (TPSA) is 89.1 Å². The Morgan fingerprint density at radius 2 is 2.29 bits per heavy atom. The highest BCUT2D eigenvalue weighted by molar-refractivity contribution is 9.10. The summed E-state index contributed by atoms with van der Waals surface area (Å²) in [6.07, 6.45) is 3.04. The van der Waals surface area contributed by atoms with E-state index in [9.17, 15) is 9.90 Å². The SMILES string of the molecule is CC1CC(C(=O)O)C(c2nc(-c3ncccc3Br)no2)C1. The van der Waals surface area contributed by atoms with Crippen molar-refractivity contribution in [3.05, 3.63) is 28.7 Å². The molecule has 0 spiro atoms. The zero-order chi connectivity index (χ0) is 15.0. The van der Waals surface area contributed by atoms with Crippen LogP contribution in [0.4, 0.5) is 0 Å². The maximum Gasteiger partial charge on any atom is 0.307 e. The van der Waals surface area contributed by atoms with Crippen molar-refractivity contribution in [1.29, 1.82) is 0 Å². The minimum Gasteiger partial charge on any atom is -0.481 e. The number of aromatic nitrogens is 3. The molecular weight excluding hydrogens is 338 g/mol. The zero-order valence-corrected chi connectivity index (χ0v) is 12.9. The van der Waals surface area contributed by atoms with Gasteiger partial charge in [-0.05, 0) is 46.8 Å². The summed E-state index contributed by atoms with van der Waals surface area (Å²) in [6.45, 7) is 2.04. The summed E-state index contributed by atoms with van der Waals surface area (Å²) in [6, 6.07) is 3.64. The number of pyridine rings is 1. The van der Waals surface area contributed by atoms with Gasteiger partial charge in [-0.3, -0.25) is 9.78 Å². The van der Waals surface area contributed by atoms with E-state index >= 15 is 0 Å². The van der Waals surface area contributed by atoms with Crippen LogP contribution in [0.1, 0.15) is 31.6 Å². The van der Waals surface area contributed by atoms with Crippen LogP contribution < -0.4 is 0 Å². The fraction of sp³-hybridized carbons (Fsp3) is 0.429. The number of rotatable bonds is 3. The van der Waals surface area contributed by atoms with Gasteiger partial charge >= 0.3 is 5.97 Å². The van der Waals surface area contributed by atoms with E-state index in [0.717, 1.165) is 10.9 Å². The molecule has 0 radical (unpaired) electrons. The van der Waals surface area contributed by atoms with Gasteiger partial charge in [0.05, 0.1) is 11.8 Å². The lowest BCUT2D eigenvalue weighted by atomic mass is 9.96. The first-order valence-electron chi connectivity index (χ1n) is 6.73. The Hall–Kier alpha value is -1.76. The minimum atomic E-state index is -0.803. The van der Waals surface area contributed by atoms with E-state index in [2.05, 4.69) is 31.1 Å². The molecule has 3 rings (SSSR count). The molecule has 2 aromatic rings. The molecule has 1 saturated carbocycles. The summed E-state index contributed by atoms with van der Waals surface area (Å²) in [4.78, 5) is 19.9. The zero-order valence-electron chi connectivity index (χ0n) is 11.4. The van der Waals surface area contributed by atoms with Gasteiger partial charge < -0.3 is 9.63 Å². The molecule has 0 bridgehead atoms. The first-order chi connectivity index (χ1) is 10.1. The third-order valence-electron chi connectivity index (χ3n) is 3.84. The standard InChI is InChI=1S/C14H14BrN3O3/c1-7-5-8(9(6-7)14(19)20)13-17-12(18-21-13)11-10(15)3-2-4-16-11/h2-4,7-9H,5-6H2,1H3,(H,19,20). The van der Waals surface area contributed by atoms with Gasteiger partial charge in [0.2, 0.25) is 11.7 Å². The van der Waals surface area contributed by atoms with E-state index in [1.807, 2.05) is 13.0 Å². The van der Waals surface area contributed by atoms with E-state index in [0.29, 0.717) is 29.7 Å². The molecule has 0 saturated heterocycles. The monoisotopic (exact) mass is 351 g/mol. The lowest BCUT2D eigenvalue weighted by Crippen LogP contribution is -2.17. The van der Waals surface area contributed by atoms with Gasteiger partial charge in [-0.2, -0.15) is 4.98 Å². The second kappa shape index (κ2) is 5.55. The number of carbonyl (C=O) groups is 1. The maximum absolute atomic E-state index is 11.4. The van der Waals surface area contributed by atoms with Crippen molar-refractivity contribution in [1.82, 2.24) is 15.1 Å². The largest absolute Gasteiger partial charge is 0.481 e. The Morgan fingerprint density at radius 3 is 3.00 bits per heavy atom. The van der Waals surface area contributed by atoms with E-state index in [1.165, 1.54) is 0 Å². The van der Waals surface area contributed by atoms with Crippen molar-refractivity contribution in [3.8, 4) is 11.5 Å². The van der Waals surface area contributed by atoms with E-state index in [4.69, 9.17) is 4.52 Å². The number of aliphatic carboxylic acids is 1. The molecule has 3 atom stereocenters. The summed E-state index contributed by atoms with van der Waals surface area (Å²) in [5, 5.41) is 13.3. The molecule has 0 aliphatic heterocycles. The van der Waals surface area contributed by atoms with Crippen molar-refractivity contribution >= 4 is 21.9 Å². The van der Waals surface area contributed by atoms with Gasteiger partial charge in [-0.25, -0.2) is 0 Å².